The van der Waals surface area contributed by atoms with Crippen molar-refractivity contribution in [2.45, 2.75) is 13.8 Å². The summed E-state index contributed by atoms with van der Waals surface area (Å²) in [5, 5.41) is 18.1. The fraction of sp³-hybridized carbons (Fsp3) is 0.200. The first-order valence-corrected chi connectivity index (χ1v) is 9.23. The monoisotopic (exact) mass is 423 g/mol. The second kappa shape index (κ2) is 8.61. The van der Waals surface area contributed by atoms with Crippen LogP contribution in [0.5, 0.6) is 0 Å². The van der Waals surface area contributed by atoms with E-state index in [4.69, 9.17) is 0 Å². The standard InChI is InChI=1S/C20H21N7O4/c1-12-9-17-23-18(20(27(30)31)26(17)11-16(12)22-13(2)28)19(29)24-21-10-14-5-7-15(8-6-14)25(3)4/h5-11H,1-4H3,(H,22,28)(H,24,29)/b21-10-. The van der Waals surface area contributed by atoms with Crippen molar-refractivity contribution in [2.75, 3.05) is 24.3 Å². The summed E-state index contributed by atoms with van der Waals surface area (Å²) in [6.45, 7) is 3.05. The van der Waals surface area contributed by atoms with Gasteiger partial charge < -0.3 is 20.3 Å². The second-order valence-corrected chi connectivity index (χ2v) is 7.01. The van der Waals surface area contributed by atoms with Crippen LogP contribution in [0.25, 0.3) is 5.65 Å². The molecular formula is C20H21N7O4. The quantitative estimate of drug-likeness (QED) is 0.355. The summed E-state index contributed by atoms with van der Waals surface area (Å²) in [5.41, 5.74) is 4.87. The lowest BCUT2D eigenvalue weighted by molar-refractivity contribution is -0.390. The van der Waals surface area contributed by atoms with Crippen molar-refractivity contribution in [3.63, 3.8) is 0 Å². The van der Waals surface area contributed by atoms with Crippen LogP contribution in [-0.4, -0.2) is 46.4 Å². The van der Waals surface area contributed by atoms with Crippen molar-refractivity contribution in [3.8, 4) is 0 Å². The van der Waals surface area contributed by atoms with Gasteiger partial charge in [-0.15, -0.1) is 0 Å². The Morgan fingerprint density at radius 3 is 2.52 bits per heavy atom. The number of hydrogen-bond acceptors (Lipinski definition) is 7. The highest BCUT2D eigenvalue weighted by Crippen LogP contribution is 2.25. The van der Waals surface area contributed by atoms with E-state index in [0.717, 1.165) is 15.7 Å². The number of nitro groups is 1. The maximum absolute atomic E-state index is 12.5. The molecule has 2 aromatic heterocycles. The third-order valence-electron chi connectivity index (χ3n) is 4.43. The highest BCUT2D eigenvalue weighted by Gasteiger charge is 2.28. The third kappa shape index (κ3) is 4.66. The molecule has 2 heterocycles. The van der Waals surface area contributed by atoms with Crippen LogP contribution in [-0.2, 0) is 4.79 Å². The van der Waals surface area contributed by atoms with Gasteiger partial charge in [-0.1, -0.05) is 12.1 Å². The SMILES string of the molecule is CC(=O)Nc1cn2c([N+](=O)[O-])c(C(=O)N/N=C\c3ccc(N(C)C)cc3)nc2cc1C. The molecule has 1 aromatic carbocycles. The normalized spacial score (nSPS) is 11.0. The summed E-state index contributed by atoms with van der Waals surface area (Å²) >= 11 is 0. The number of hydrogen-bond donors (Lipinski definition) is 2. The molecule has 31 heavy (non-hydrogen) atoms. The Bertz CT molecular complexity index is 1200. The van der Waals surface area contributed by atoms with Gasteiger partial charge in [0, 0.05) is 32.8 Å². The number of hydrazone groups is 1. The van der Waals surface area contributed by atoms with E-state index < -0.39 is 16.6 Å². The Labute approximate surface area is 177 Å². The molecule has 0 aliphatic carbocycles. The third-order valence-corrected chi connectivity index (χ3v) is 4.43. The molecule has 2 N–H and O–H groups in total. The average molecular weight is 423 g/mol. The highest BCUT2D eigenvalue weighted by molar-refractivity contribution is 5.97. The minimum absolute atomic E-state index is 0.201. The lowest BCUT2D eigenvalue weighted by atomic mass is 10.2. The van der Waals surface area contributed by atoms with Gasteiger partial charge in [-0.2, -0.15) is 14.5 Å². The molecule has 3 aromatic rings. The van der Waals surface area contributed by atoms with Crippen molar-refractivity contribution < 1.29 is 14.5 Å². The Morgan fingerprint density at radius 2 is 1.94 bits per heavy atom. The minimum Gasteiger partial charge on any atom is -0.378 e. The first-order valence-electron chi connectivity index (χ1n) is 9.23. The summed E-state index contributed by atoms with van der Waals surface area (Å²) in [5.74, 6) is -1.67. The first kappa shape index (κ1) is 21.4. The molecule has 0 atom stereocenters. The summed E-state index contributed by atoms with van der Waals surface area (Å²) in [4.78, 5) is 40.9. The molecule has 0 bridgehead atoms. The lowest BCUT2D eigenvalue weighted by Crippen LogP contribution is -2.19. The van der Waals surface area contributed by atoms with E-state index in [1.54, 1.807) is 13.0 Å². The van der Waals surface area contributed by atoms with Crippen molar-refractivity contribution in [1.82, 2.24) is 14.8 Å². The molecule has 0 aliphatic heterocycles. The number of pyridine rings is 1. The van der Waals surface area contributed by atoms with E-state index in [9.17, 15) is 19.7 Å². The molecule has 2 amide bonds. The van der Waals surface area contributed by atoms with Crippen LogP contribution in [0.4, 0.5) is 17.2 Å². The number of anilines is 2. The molecule has 0 radical (unpaired) electrons. The van der Waals surface area contributed by atoms with Gasteiger partial charge in [-0.05, 0) is 35.1 Å². The van der Waals surface area contributed by atoms with E-state index in [0.29, 0.717) is 11.3 Å². The van der Waals surface area contributed by atoms with Gasteiger partial charge in [0.15, 0.2) is 0 Å². The summed E-state index contributed by atoms with van der Waals surface area (Å²) < 4.78 is 1.15. The molecule has 11 nitrogen and oxygen atoms in total. The first-order chi connectivity index (χ1) is 14.7. The van der Waals surface area contributed by atoms with Gasteiger partial charge >= 0.3 is 5.82 Å². The molecule has 11 heteroatoms. The summed E-state index contributed by atoms with van der Waals surface area (Å²) in [6, 6.07) is 8.98. The van der Waals surface area contributed by atoms with Gasteiger partial charge in [-0.3, -0.25) is 9.59 Å². The van der Waals surface area contributed by atoms with Crippen molar-refractivity contribution in [3.05, 3.63) is 63.5 Å². The zero-order valence-electron chi connectivity index (χ0n) is 17.4. The van der Waals surface area contributed by atoms with Crippen molar-refractivity contribution >= 4 is 40.9 Å². The number of fused-ring (bicyclic) bond motifs is 1. The smallest absolute Gasteiger partial charge is 0.361 e. The number of carbonyl (C=O) groups is 2. The largest absolute Gasteiger partial charge is 0.378 e. The lowest BCUT2D eigenvalue weighted by Gasteiger charge is -2.11. The molecular weight excluding hydrogens is 402 g/mol. The topological polar surface area (TPSA) is 134 Å². The molecule has 0 spiro atoms. The predicted molar refractivity (Wildman–Crippen MR) is 117 cm³/mol. The maximum atomic E-state index is 12.5. The second-order valence-electron chi connectivity index (χ2n) is 7.01. The molecule has 160 valence electrons. The number of nitrogens with one attached hydrogen (secondary N) is 2. The summed E-state index contributed by atoms with van der Waals surface area (Å²) in [7, 11) is 3.84. The Balaban J connectivity index is 1.88. The molecule has 0 saturated carbocycles. The minimum atomic E-state index is -0.824. The van der Waals surface area contributed by atoms with E-state index >= 15 is 0 Å². The van der Waals surface area contributed by atoms with Gasteiger partial charge in [0.05, 0.1) is 11.9 Å². The number of nitrogens with zero attached hydrogens (tertiary/aromatic N) is 5. The predicted octanol–water partition coefficient (Wildman–Crippen LogP) is 2.34. The Kier molecular flexibility index (Phi) is 5.95. The van der Waals surface area contributed by atoms with Crippen molar-refractivity contribution in [1.29, 1.82) is 0 Å². The Morgan fingerprint density at radius 1 is 1.26 bits per heavy atom. The highest BCUT2D eigenvalue weighted by atomic mass is 16.6. The van der Waals surface area contributed by atoms with Crippen molar-refractivity contribution in [2.24, 2.45) is 5.10 Å². The van der Waals surface area contributed by atoms with Gasteiger partial charge in [0.2, 0.25) is 17.2 Å². The Hall–Kier alpha value is -4.28. The van der Waals surface area contributed by atoms with Crippen LogP contribution >= 0.6 is 0 Å². The fourth-order valence-electron chi connectivity index (χ4n) is 2.90. The van der Waals surface area contributed by atoms with Gasteiger partial charge in [0.25, 0.3) is 5.91 Å². The van der Waals surface area contributed by atoms with Crippen LogP contribution in [0, 0.1) is 17.0 Å². The molecule has 0 unspecified atom stereocenters. The number of amides is 2. The van der Waals surface area contributed by atoms with Crippen LogP contribution in [0.2, 0.25) is 0 Å². The zero-order chi connectivity index (χ0) is 22.7. The zero-order valence-corrected chi connectivity index (χ0v) is 17.4. The number of carbonyl (C=O) groups excluding carboxylic acids is 2. The van der Waals surface area contributed by atoms with Crippen LogP contribution in [0.3, 0.4) is 0 Å². The van der Waals surface area contributed by atoms with E-state index in [-0.39, 0.29) is 17.2 Å². The number of rotatable bonds is 6. The summed E-state index contributed by atoms with van der Waals surface area (Å²) in [6.07, 6.45) is 2.79. The molecule has 0 fully saturated rings. The molecule has 0 aliphatic rings. The fourth-order valence-corrected chi connectivity index (χ4v) is 2.90. The van der Waals surface area contributed by atoms with Crippen LogP contribution in [0.1, 0.15) is 28.5 Å². The molecule has 3 rings (SSSR count). The van der Waals surface area contributed by atoms with E-state index in [2.05, 4.69) is 20.8 Å². The number of aromatic nitrogens is 2. The maximum Gasteiger partial charge on any atom is 0.361 e. The van der Waals surface area contributed by atoms with Crippen LogP contribution < -0.4 is 15.6 Å². The van der Waals surface area contributed by atoms with E-state index in [1.165, 1.54) is 19.3 Å². The molecule has 0 saturated heterocycles. The number of benzene rings is 1. The van der Waals surface area contributed by atoms with Gasteiger partial charge in [-0.25, -0.2) is 5.43 Å². The average Bonchev–Trinajstić information content (AvgIpc) is 3.06. The number of aryl methyl sites for hydroxylation is 1. The van der Waals surface area contributed by atoms with Gasteiger partial charge in [0.1, 0.15) is 6.20 Å². The van der Waals surface area contributed by atoms with Crippen LogP contribution in [0.15, 0.2) is 41.6 Å². The number of imidazole rings is 1. The van der Waals surface area contributed by atoms with E-state index in [1.807, 2.05) is 43.3 Å².